The Hall–Kier alpha value is -1.81. The van der Waals surface area contributed by atoms with Crippen LogP contribution >= 0.6 is 0 Å². The van der Waals surface area contributed by atoms with Crippen molar-refractivity contribution in [3.8, 4) is 5.75 Å². The summed E-state index contributed by atoms with van der Waals surface area (Å²) in [6.45, 7) is 2.55. The van der Waals surface area contributed by atoms with Gasteiger partial charge in [0.1, 0.15) is 11.6 Å². The third-order valence-corrected chi connectivity index (χ3v) is 3.29. The zero-order valence-electron chi connectivity index (χ0n) is 11.1. The average molecular weight is 245 g/mol. The zero-order chi connectivity index (χ0) is 13.1. The molecular weight excluding hydrogens is 226 g/mol. The number of nitrogens with two attached hydrogens (primary N) is 1. The Bertz CT molecular complexity index is 529. The van der Waals surface area contributed by atoms with Crippen LogP contribution in [-0.2, 0) is 20.0 Å². The highest BCUT2D eigenvalue weighted by Gasteiger charge is 2.10. The summed E-state index contributed by atoms with van der Waals surface area (Å²) in [6, 6.07) is 8.07. The molecule has 0 fully saturated rings. The van der Waals surface area contributed by atoms with E-state index in [1.165, 1.54) is 11.3 Å². The Labute approximate surface area is 107 Å². The predicted octanol–water partition coefficient (Wildman–Crippen LogP) is 1.79. The van der Waals surface area contributed by atoms with Crippen molar-refractivity contribution < 1.29 is 4.74 Å². The van der Waals surface area contributed by atoms with Crippen LogP contribution in [0.4, 0.5) is 0 Å². The molecule has 18 heavy (non-hydrogen) atoms. The fraction of sp³-hybridized carbons (Fsp3) is 0.357. The summed E-state index contributed by atoms with van der Waals surface area (Å²) >= 11 is 0. The Balaban J connectivity index is 2.22. The molecule has 1 aromatic heterocycles. The number of nitrogens with zero attached hydrogens (tertiary/aromatic N) is 2. The van der Waals surface area contributed by atoms with Gasteiger partial charge in [-0.15, -0.1) is 0 Å². The number of imidazole rings is 1. The van der Waals surface area contributed by atoms with Gasteiger partial charge in [0.05, 0.1) is 19.3 Å². The average Bonchev–Trinajstić information content (AvgIpc) is 2.67. The van der Waals surface area contributed by atoms with Gasteiger partial charge in [-0.3, -0.25) is 0 Å². The van der Waals surface area contributed by atoms with Gasteiger partial charge < -0.3 is 15.0 Å². The molecule has 0 amide bonds. The first-order valence-electron chi connectivity index (χ1n) is 5.99. The van der Waals surface area contributed by atoms with E-state index >= 15 is 0 Å². The molecule has 0 aliphatic heterocycles. The van der Waals surface area contributed by atoms with Crippen LogP contribution in [-0.4, -0.2) is 16.7 Å². The summed E-state index contributed by atoms with van der Waals surface area (Å²) in [7, 11) is 3.67. The molecule has 2 rings (SSSR count). The molecule has 0 unspecified atom stereocenters. The Morgan fingerprint density at radius 1 is 1.28 bits per heavy atom. The lowest BCUT2D eigenvalue weighted by atomic mass is 10.1. The highest BCUT2D eigenvalue weighted by molar-refractivity contribution is 5.31. The first kappa shape index (κ1) is 12.6. The van der Waals surface area contributed by atoms with E-state index in [1.54, 1.807) is 7.11 Å². The molecule has 0 bridgehead atoms. The topological polar surface area (TPSA) is 53.1 Å². The molecule has 0 aliphatic carbocycles. The summed E-state index contributed by atoms with van der Waals surface area (Å²) in [6.07, 6.45) is 0.823. The minimum atomic E-state index is 0.472. The number of rotatable bonds is 4. The molecule has 2 aromatic rings. The normalized spacial score (nSPS) is 10.7. The SMILES string of the molecule is COc1ccc(Cc2nc(CN)n(C)c2C)cc1. The van der Waals surface area contributed by atoms with Crippen LogP contribution in [0.5, 0.6) is 5.75 Å². The van der Waals surface area contributed by atoms with Crippen molar-refractivity contribution in [3.05, 3.63) is 47.0 Å². The van der Waals surface area contributed by atoms with Crippen LogP contribution in [0.25, 0.3) is 0 Å². The van der Waals surface area contributed by atoms with Crippen LogP contribution in [0.3, 0.4) is 0 Å². The summed E-state index contributed by atoms with van der Waals surface area (Å²) in [5, 5.41) is 0. The number of methoxy groups -OCH3 is 1. The Morgan fingerprint density at radius 2 is 1.94 bits per heavy atom. The summed E-state index contributed by atoms with van der Waals surface area (Å²) in [4.78, 5) is 4.57. The molecule has 0 saturated heterocycles. The van der Waals surface area contributed by atoms with Crippen LogP contribution in [0.2, 0.25) is 0 Å². The van der Waals surface area contributed by atoms with Crippen molar-refractivity contribution in [1.29, 1.82) is 0 Å². The highest BCUT2D eigenvalue weighted by atomic mass is 16.5. The molecule has 0 atom stereocenters. The maximum Gasteiger partial charge on any atom is 0.122 e. The standard InChI is InChI=1S/C14H19N3O/c1-10-13(16-14(9-15)17(10)2)8-11-4-6-12(18-3)7-5-11/h4-7H,8-9,15H2,1-3H3. The zero-order valence-corrected chi connectivity index (χ0v) is 11.1. The van der Waals surface area contributed by atoms with Gasteiger partial charge in [0.15, 0.2) is 0 Å². The monoisotopic (exact) mass is 245 g/mol. The van der Waals surface area contributed by atoms with E-state index in [1.807, 2.05) is 19.2 Å². The van der Waals surface area contributed by atoms with Crippen LogP contribution in [0.15, 0.2) is 24.3 Å². The van der Waals surface area contributed by atoms with Gasteiger partial charge in [-0.1, -0.05) is 12.1 Å². The van der Waals surface area contributed by atoms with Crippen LogP contribution in [0.1, 0.15) is 22.8 Å². The van der Waals surface area contributed by atoms with Crippen molar-refractivity contribution in [2.75, 3.05) is 7.11 Å². The minimum absolute atomic E-state index is 0.472. The van der Waals surface area contributed by atoms with Crippen molar-refractivity contribution in [2.45, 2.75) is 19.9 Å². The second-order valence-electron chi connectivity index (χ2n) is 4.35. The Kier molecular flexibility index (Phi) is 3.67. The first-order valence-corrected chi connectivity index (χ1v) is 5.99. The van der Waals surface area contributed by atoms with Crippen LogP contribution in [0, 0.1) is 6.92 Å². The minimum Gasteiger partial charge on any atom is -0.497 e. The molecular formula is C14H19N3O. The van der Waals surface area contributed by atoms with Gasteiger partial charge in [-0.25, -0.2) is 4.98 Å². The molecule has 0 aliphatic rings. The summed E-state index contributed by atoms with van der Waals surface area (Å²) < 4.78 is 7.20. The number of benzene rings is 1. The third kappa shape index (κ3) is 2.38. The highest BCUT2D eigenvalue weighted by Crippen LogP contribution is 2.17. The molecule has 4 heteroatoms. The van der Waals surface area contributed by atoms with Crippen molar-refractivity contribution in [1.82, 2.24) is 9.55 Å². The quantitative estimate of drug-likeness (QED) is 0.893. The summed E-state index contributed by atoms with van der Waals surface area (Å²) in [5.41, 5.74) is 9.15. The van der Waals surface area contributed by atoms with Crippen molar-refractivity contribution in [2.24, 2.45) is 12.8 Å². The summed E-state index contributed by atoms with van der Waals surface area (Å²) in [5.74, 6) is 1.80. The van der Waals surface area contributed by atoms with E-state index in [2.05, 4.69) is 28.6 Å². The number of aromatic nitrogens is 2. The van der Waals surface area contributed by atoms with Gasteiger partial charge in [-0.05, 0) is 24.6 Å². The second kappa shape index (κ2) is 5.23. The molecule has 0 radical (unpaired) electrons. The third-order valence-electron chi connectivity index (χ3n) is 3.29. The molecule has 1 heterocycles. The molecule has 4 nitrogen and oxygen atoms in total. The van der Waals surface area contributed by atoms with Gasteiger partial charge >= 0.3 is 0 Å². The lowest BCUT2D eigenvalue weighted by molar-refractivity contribution is 0.414. The number of hydrogen-bond donors (Lipinski definition) is 1. The second-order valence-corrected chi connectivity index (χ2v) is 4.35. The predicted molar refractivity (Wildman–Crippen MR) is 71.6 cm³/mol. The van der Waals surface area contributed by atoms with E-state index in [0.717, 1.165) is 23.7 Å². The molecule has 96 valence electrons. The fourth-order valence-electron chi connectivity index (χ4n) is 1.99. The lowest BCUT2D eigenvalue weighted by Gasteiger charge is -2.03. The van der Waals surface area contributed by atoms with Crippen molar-refractivity contribution >= 4 is 0 Å². The Morgan fingerprint density at radius 3 is 2.44 bits per heavy atom. The van der Waals surface area contributed by atoms with Gasteiger partial charge in [0.25, 0.3) is 0 Å². The van der Waals surface area contributed by atoms with E-state index in [0.29, 0.717) is 6.54 Å². The van der Waals surface area contributed by atoms with Gasteiger partial charge in [0.2, 0.25) is 0 Å². The lowest BCUT2D eigenvalue weighted by Crippen LogP contribution is -2.05. The molecule has 2 N–H and O–H groups in total. The largest absolute Gasteiger partial charge is 0.497 e. The molecule has 0 spiro atoms. The van der Waals surface area contributed by atoms with Crippen molar-refractivity contribution in [3.63, 3.8) is 0 Å². The van der Waals surface area contributed by atoms with Gasteiger partial charge in [-0.2, -0.15) is 0 Å². The van der Waals surface area contributed by atoms with E-state index in [4.69, 9.17) is 10.5 Å². The van der Waals surface area contributed by atoms with E-state index in [-0.39, 0.29) is 0 Å². The maximum atomic E-state index is 5.66. The molecule has 1 aromatic carbocycles. The number of ether oxygens (including phenoxy) is 1. The van der Waals surface area contributed by atoms with E-state index < -0.39 is 0 Å². The fourth-order valence-corrected chi connectivity index (χ4v) is 1.99. The van der Waals surface area contributed by atoms with Gasteiger partial charge in [0, 0.05) is 19.2 Å². The van der Waals surface area contributed by atoms with Crippen LogP contribution < -0.4 is 10.5 Å². The maximum absolute atomic E-state index is 5.66. The molecule has 0 saturated carbocycles. The number of hydrogen-bond acceptors (Lipinski definition) is 3. The van der Waals surface area contributed by atoms with E-state index in [9.17, 15) is 0 Å². The smallest absolute Gasteiger partial charge is 0.122 e. The first-order chi connectivity index (χ1) is 8.65.